The number of amides is 1. The number of nitrogens with zero attached hydrogens (tertiary/aromatic N) is 1. The summed E-state index contributed by atoms with van der Waals surface area (Å²) in [6.45, 7) is 5.15. The molecule has 0 aliphatic heterocycles. The van der Waals surface area contributed by atoms with Gasteiger partial charge in [0, 0.05) is 24.3 Å². The first-order chi connectivity index (χ1) is 6.20. The van der Waals surface area contributed by atoms with Crippen molar-refractivity contribution in [3.05, 3.63) is 0 Å². The molecule has 0 aromatic rings. The molecule has 0 saturated heterocycles. The number of carbonyl (C=O) groups is 1. The highest BCUT2D eigenvalue weighted by molar-refractivity contribution is 8.06. The Balaban J connectivity index is 2.44. The minimum atomic E-state index is -1.27. The Bertz CT molecular complexity index is 178. The fraction of sp³-hybridized carbons (Fsp3) is 0.889. The summed E-state index contributed by atoms with van der Waals surface area (Å²) in [6.07, 6.45) is 3.04. The van der Waals surface area contributed by atoms with Crippen molar-refractivity contribution >= 4 is 16.4 Å². The van der Waals surface area contributed by atoms with Gasteiger partial charge in [0.05, 0.1) is 0 Å². The minimum Gasteiger partial charge on any atom is -0.607 e. The zero-order chi connectivity index (χ0) is 9.84. The van der Waals surface area contributed by atoms with Crippen LogP contribution >= 0.6 is 0 Å². The monoisotopic (exact) mass is 203 g/mol. The molecular weight excluding hydrogens is 186 g/mol. The van der Waals surface area contributed by atoms with Crippen LogP contribution < -0.4 is 0 Å². The van der Waals surface area contributed by atoms with Gasteiger partial charge in [0.2, 0.25) is 0 Å². The fourth-order valence-corrected chi connectivity index (χ4v) is 2.90. The Morgan fingerprint density at radius 3 is 2.31 bits per heavy atom. The van der Waals surface area contributed by atoms with Crippen molar-refractivity contribution in [2.45, 2.75) is 38.4 Å². The van der Waals surface area contributed by atoms with E-state index in [1.54, 1.807) is 4.90 Å². The molecule has 0 aromatic heterocycles. The molecule has 1 aliphatic rings. The highest BCUT2D eigenvalue weighted by atomic mass is 32.2. The molecule has 0 spiro atoms. The lowest BCUT2D eigenvalue weighted by molar-refractivity contribution is 0.225. The Morgan fingerprint density at radius 2 is 2.00 bits per heavy atom. The lowest BCUT2D eigenvalue weighted by Gasteiger charge is -2.29. The molecule has 1 amide bonds. The van der Waals surface area contributed by atoms with Crippen molar-refractivity contribution < 1.29 is 9.35 Å². The average Bonchev–Trinajstić information content (AvgIpc) is 2.03. The summed E-state index contributed by atoms with van der Waals surface area (Å²) < 4.78 is 11.6. The van der Waals surface area contributed by atoms with Crippen LogP contribution in [0.25, 0.3) is 0 Å². The van der Waals surface area contributed by atoms with Crippen molar-refractivity contribution in [2.24, 2.45) is 0 Å². The van der Waals surface area contributed by atoms with E-state index in [1.165, 1.54) is 0 Å². The molecular formula is C9H17NO2S. The Morgan fingerprint density at radius 1 is 1.46 bits per heavy atom. The second-order valence-electron chi connectivity index (χ2n) is 3.29. The van der Waals surface area contributed by atoms with Gasteiger partial charge in [0.15, 0.2) is 0 Å². The van der Waals surface area contributed by atoms with Crippen LogP contribution in [0.4, 0.5) is 4.79 Å². The van der Waals surface area contributed by atoms with Crippen LogP contribution in [0, 0.1) is 0 Å². The van der Waals surface area contributed by atoms with Crippen molar-refractivity contribution in [1.29, 1.82) is 0 Å². The summed E-state index contributed by atoms with van der Waals surface area (Å²) in [7, 11) is 0. The zero-order valence-corrected chi connectivity index (χ0v) is 9.10. The minimum absolute atomic E-state index is 0.146. The van der Waals surface area contributed by atoms with E-state index < -0.39 is 11.2 Å². The second kappa shape index (κ2) is 4.86. The Hall–Kier alpha value is -0.220. The average molecular weight is 203 g/mol. The van der Waals surface area contributed by atoms with Gasteiger partial charge in [-0.1, -0.05) is 0 Å². The lowest BCUT2D eigenvalue weighted by Crippen LogP contribution is -2.42. The first kappa shape index (κ1) is 10.9. The van der Waals surface area contributed by atoms with Gasteiger partial charge in [-0.15, -0.1) is 0 Å². The molecule has 1 rings (SSSR count). The SMILES string of the molecule is CCN(CC)C(=O)[S+]([O-])C1CCC1. The van der Waals surface area contributed by atoms with Crippen molar-refractivity contribution in [2.75, 3.05) is 13.1 Å². The van der Waals surface area contributed by atoms with Crippen LogP contribution in [0.3, 0.4) is 0 Å². The van der Waals surface area contributed by atoms with Gasteiger partial charge in [0.25, 0.3) is 0 Å². The van der Waals surface area contributed by atoms with Gasteiger partial charge < -0.3 is 4.55 Å². The molecule has 0 heterocycles. The molecule has 0 N–H and O–H groups in total. The molecule has 1 fully saturated rings. The first-order valence-electron chi connectivity index (χ1n) is 4.90. The van der Waals surface area contributed by atoms with Gasteiger partial charge >= 0.3 is 5.24 Å². The normalized spacial score (nSPS) is 19.3. The number of hydrogen-bond acceptors (Lipinski definition) is 2. The summed E-state index contributed by atoms with van der Waals surface area (Å²) in [5, 5.41) is -0.0252. The molecule has 1 aliphatic carbocycles. The van der Waals surface area contributed by atoms with Gasteiger partial charge in [-0.2, -0.15) is 0 Å². The quantitative estimate of drug-likeness (QED) is 0.656. The van der Waals surface area contributed by atoms with E-state index in [4.69, 9.17) is 0 Å². The third-order valence-corrected chi connectivity index (χ3v) is 4.23. The Kier molecular flexibility index (Phi) is 4.06. The van der Waals surface area contributed by atoms with Crippen LogP contribution in [0.15, 0.2) is 0 Å². The molecule has 0 bridgehead atoms. The molecule has 0 radical (unpaired) electrons. The smallest absolute Gasteiger partial charge is 0.429 e. The maximum Gasteiger partial charge on any atom is 0.429 e. The van der Waals surface area contributed by atoms with E-state index in [0.717, 1.165) is 19.3 Å². The molecule has 1 unspecified atom stereocenters. The number of hydrogen-bond donors (Lipinski definition) is 0. The van der Waals surface area contributed by atoms with Gasteiger partial charge in [-0.25, -0.2) is 4.79 Å². The van der Waals surface area contributed by atoms with E-state index in [0.29, 0.717) is 13.1 Å². The summed E-state index contributed by atoms with van der Waals surface area (Å²) in [6, 6.07) is 0. The van der Waals surface area contributed by atoms with Crippen LogP contribution in [-0.4, -0.2) is 33.0 Å². The maximum atomic E-state index is 11.6. The standard InChI is InChI=1S/C9H17NO2S/c1-3-10(4-2)9(11)13(12)8-6-5-7-8/h8H,3-7H2,1-2H3. The number of rotatable bonds is 3. The molecule has 1 atom stereocenters. The first-order valence-corrected chi connectivity index (χ1v) is 6.11. The maximum absolute atomic E-state index is 11.6. The Labute approximate surface area is 82.7 Å². The van der Waals surface area contributed by atoms with Crippen LogP contribution in [0.1, 0.15) is 33.1 Å². The van der Waals surface area contributed by atoms with Crippen molar-refractivity contribution in [3.8, 4) is 0 Å². The van der Waals surface area contributed by atoms with E-state index in [9.17, 15) is 9.35 Å². The van der Waals surface area contributed by atoms with E-state index >= 15 is 0 Å². The predicted octanol–water partition coefficient (Wildman–Crippen LogP) is 1.75. The fourth-order valence-electron chi connectivity index (χ4n) is 1.34. The summed E-state index contributed by atoms with van der Waals surface area (Å²) in [4.78, 5) is 13.2. The van der Waals surface area contributed by atoms with E-state index in [1.807, 2.05) is 13.8 Å². The van der Waals surface area contributed by atoms with E-state index in [-0.39, 0.29) is 10.5 Å². The van der Waals surface area contributed by atoms with Crippen LogP contribution in [0.5, 0.6) is 0 Å². The van der Waals surface area contributed by atoms with Crippen molar-refractivity contribution in [3.63, 3.8) is 0 Å². The molecule has 3 nitrogen and oxygen atoms in total. The van der Waals surface area contributed by atoms with Gasteiger partial charge in [-0.3, -0.25) is 4.90 Å². The lowest BCUT2D eigenvalue weighted by atomic mass is 10.0. The van der Waals surface area contributed by atoms with Gasteiger partial charge in [0.1, 0.15) is 5.25 Å². The summed E-state index contributed by atoms with van der Waals surface area (Å²) >= 11 is -1.27. The van der Waals surface area contributed by atoms with Gasteiger partial charge in [-0.05, 0) is 33.1 Å². The third-order valence-electron chi connectivity index (χ3n) is 2.55. The topological polar surface area (TPSA) is 43.4 Å². The number of carbonyl (C=O) groups excluding carboxylic acids is 1. The highest BCUT2D eigenvalue weighted by Gasteiger charge is 2.37. The largest absolute Gasteiger partial charge is 0.607 e. The third kappa shape index (κ3) is 2.38. The predicted molar refractivity (Wildman–Crippen MR) is 54.1 cm³/mol. The van der Waals surface area contributed by atoms with Crippen LogP contribution in [-0.2, 0) is 11.2 Å². The second-order valence-corrected chi connectivity index (χ2v) is 4.90. The summed E-state index contributed by atoms with van der Waals surface area (Å²) in [5.74, 6) is 0. The zero-order valence-electron chi connectivity index (χ0n) is 8.28. The highest BCUT2D eigenvalue weighted by Crippen LogP contribution is 2.27. The molecule has 13 heavy (non-hydrogen) atoms. The summed E-state index contributed by atoms with van der Waals surface area (Å²) in [5.41, 5.74) is 0. The molecule has 1 saturated carbocycles. The van der Waals surface area contributed by atoms with E-state index in [2.05, 4.69) is 0 Å². The molecule has 76 valence electrons. The molecule has 0 aromatic carbocycles. The van der Waals surface area contributed by atoms with Crippen LogP contribution in [0.2, 0.25) is 0 Å². The molecule has 4 heteroatoms. The van der Waals surface area contributed by atoms with Crippen molar-refractivity contribution in [1.82, 2.24) is 4.90 Å².